The van der Waals surface area contributed by atoms with E-state index in [-0.39, 0.29) is 24.8 Å². The third-order valence-corrected chi connectivity index (χ3v) is 14.5. The van der Waals surface area contributed by atoms with Crippen molar-refractivity contribution in [1.82, 2.24) is 39.4 Å². The van der Waals surface area contributed by atoms with Gasteiger partial charge in [0.05, 0.1) is 36.1 Å². The first-order chi connectivity index (χ1) is 34.0. The first kappa shape index (κ1) is 52.8. The number of hydrogen-bond donors (Lipinski definition) is 3. The number of aliphatic hydroxyl groups excluding tert-OH is 2. The molecule has 0 amide bonds. The molecule has 70 heavy (non-hydrogen) atoms. The average molecular weight is 971 g/mol. The Morgan fingerprint density at radius 1 is 0.771 bits per heavy atom. The van der Waals surface area contributed by atoms with Crippen LogP contribution in [0.1, 0.15) is 78.4 Å². The Bertz CT molecular complexity index is 2390. The van der Waals surface area contributed by atoms with Gasteiger partial charge in [-0.15, -0.1) is 0 Å². The molecule has 3 N–H and O–H groups in total. The van der Waals surface area contributed by atoms with E-state index in [1.54, 1.807) is 44.3 Å². The van der Waals surface area contributed by atoms with Crippen LogP contribution < -0.4 is 15.1 Å². The molecule has 2 atom stereocenters. The van der Waals surface area contributed by atoms with E-state index in [1.807, 2.05) is 28.9 Å². The summed E-state index contributed by atoms with van der Waals surface area (Å²) >= 11 is 0. The zero-order chi connectivity index (χ0) is 49.7. The highest BCUT2D eigenvalue weighted by Crippen LogP contribution is 2.47. The number of nitrogens with zero attached hydrogens (tertiary/aromatic N) is 9. The topological polar surface area (TPSA) is 151 Å². The fourth-order valence-electron chi connectivity index (χ4n) is 11.3. The lowest BCUT2D eigenvalue weighted by molar-refractivity contribution is -0.128. The molecular weight excluding hydrogens is 895 g/mol. The maximum atomic E-state index is 14.2. The number of anilines is 2. The molecule has 5 aromatic rings. The van der Waals surface area contributed by atoms with Crippen molar-refractivity contribution in [2.75, 3.05) is 109 Å². The van der Waals surface area contributed by atoms with Crippen LogP contribution in [-0.4, -0.2) is 162 Å². The molecule has 6 fully saturated rings. The van der Waals surface area contributed by atoms with E-state index >= 15 is 0 Å². The number of likely N-dealkylation sites (tertiary alicyclic amines) is 1. The van der Waals surface area contributed by atoms with Crippen molar-refractivity contribution < 1.29 is 32.9 Å². The van der Waals surface area contributed by atoms with Gasteiger partial charge in [0, 0.05) is 134 Å². The second-order valence-electron chi connectivity index (χ2n) is 19.8. The van der Waals surface area contributed by atoms with E-state index in [1.165, 1.54) is 83.5 Å². The molecule has 0 bridgehead atoms. The molecule has 9 heterocycles. The second kappa shape index (κ2) is 24.9. The smallest absolute Gasteiger partial charge is 0.293 e. The molecular formula is C53H76F2N10O5. The molecule has 11 rings (SSSR count). The van der Waals surface area contributed by atoms with Crippen LogP contribution in [-0.2, 0) is 16.1 Å². The zero-order valence-electron chi connectivity index (χ0n) is 42.0. The summed E-state index contributed by atoms with van der Waals surface area (Å²) in [5, 5.41) is 20.3. The highest BCUT2D eigenvalue weighted by Gasteiger charge is 2.48. The molecule has 17 heteroatoms. The van der Waals surface area contributed by atoms with Crippen LogP contribution >= 0.6 is 0 Å². The van der Waals surface area contributed by atoms with Gasteiger partial charge in [-0.3, -0.25) is 19.6 Å². The van der Waals surface area contributed by atoms with Crippen molar-refractivity contribution in [3.63, 3.8) is 0 Å². The number of halogens is 2. The lowest BCUT2D eigenvalue weighted by Gasteiger charge is -2.47. The quantitative estimate of drug-likeness (QED) is 0.131. The standard InChI is InChI=1S/C24H29FN6.C21H27FN4O2.C3H6O2.C3H8.C2H6O/c1-28-16-24(17-28)4-2-20(14-24)29-8-10-30(11-9-29)21-13-19(25)15-27-23(21)18-3-6-31-7-5-26-22(31)12-18;22-15-9-18(20(24-11-15)19-2-1-17(12-27)28-19)26-7-5-25(6-8-26)16-3-4-21(10-16)13-23-14-21;1-2-5-3-4;1-3-2;1-2-3/h3,5-7,12-13,15,20H,2,4,8-11,14,16-17H2,1H3;1-2,9,11,16,23,27H,3-8,10,12-14H2;3H,2H2,1H3;3H2,1-2H3;3H,2H2,1H3. The van der Waals surface area contributed by atoms with Crippen molar-refractivity contribution in [2.45, 2.75) is 91.3 Å². The van der Waals surface area contributed by atoms with Gasteiger partial charge in [-0.05, 0) is 94.5 Å². The van der Waals surface area contributed by atoms with Crippen molar-refractivity contribution >= 4 is 23.5 Å². The summed E-state index contributed by atoms with van der Waals surface area (Å²) in [6, 6.07) is 12.2. The van der Waals surface area contributed by atoms with Crippen LogP contribution in [0.5, 0.6) is 0 Å². The van der Waals surface area contributed by atoms with E-state index in [0.29, 0.717) is 53.2 Å². The fourth-order valence-corrected chi connectivity index (χ4v) is 11.3. The van der Waals surface area contributed by atoms with Crippen LogP contribution in [0.3, 0.4) is 0 Å². The van der Waals surface area contributed by atoms with Gasteiger partial charge in [0.1, 0.15) is 35.3 Å². The predicted molar refractivity (Wildman–Crippen MR) is 271 cm³/mol. The normalized spacial score (nSPS) is 21.6. The Morgan fingerprint density at radius 2 is 1.33 bits per heavy atom. The molecule has 0 radical (unpaired) electrons. The molecule has 2 aliphatic carbocycles. The Labute approximate surface area is 412 Å². The molecule has 6 aliphatic rings. The predicted octanol–water partition coefficient (Wildman–Crippen LogP) is 6.97. The number of rotatable bonds is 9. The van der Waals surface area contributed by atoms with Gasteiger partial charge in [-0.2, -0.15) is 0 Å². The van der Waals surface area contributed by atoms with Crippen LogP contribution in [0.15, 0.2) is 71.8 Å². The van der Waals surface area contributed by atoms with E-state index in [4.69, 9.17) is 9.52 Å². The van der Waals surface area contributed by atoms with Crippen LogP contribution in [0.25, 0.3) is 28.4 Å². The van der Waals surface area contributed by atoms with Gasteiger partial charge >= 0.3 is 0 Å². The van der Waals surface area contributed by atoms with Gasteiger partial charge < -0.3 is 43.8 Å². The molecule has 4 aliphatic heterocycles. The number of pyridine rings is 3. The van der Waals surface area contributed by atoms with E-state index in [0.717, 1.165) is 80.6 Å². The summed E-state index contributed by atoms with van der Waals surface area (Å²) in [5.74, 6) is 0.425. The number of ether oxygens (including phenoxy) is 1. The molecule has 4 saturated heterocycles. The largest absolute Gasteiger partial charge is 0.468 e. The van der Waals surface area contributed by atoms with Crippen molar-refractivity contribution in [2.24, 2.45) is 10.8 Å². The second-order valence-corrected chi connectivity index (χ2v) is 19.8. The molecule has 5 aromatic heterocycles. The Morgan fingerprint density at radius 3 is 1.81 bits per heavy atom. The molecule has 2 spiro atoms. The number of piperazine rings is 2. The van der Waals surface area contributed by atoms with E-state index < -0.39 is 0 Å². The number of imidazole rings is 1. The molecule has 382 valence electrons. The van der Waals surface area contributed by atoms with E-state index in [9.17, 15) is 18.7 Å². The lowest BCUT2D eigenvalue weighted by Crippen LogP contribution is -2.54. The summed E-state index contributed by atoms with van der Waals surface area (Å²) in [7, 11) is 2.23. The summed E-state index contributed by atoms with van der Waals surface area (Å²) < 4.78 is 39.9. The summed E-state index contributed by atoms with van der Waals surface area (Å²) in [4.78, 5) is 34.6. The molecule has 2 unspecified atom stereocenters. The van der Waals surface area contributed by atoms with Crippen LogP contribution in [0.2, 0.25) is 0 Å². The van der Waals surface area contributed by atoms with Crippen molar-refractivity contribution in [1.29, 1.82) is 0 Å². The number of nitrogens with one attached hydrogen (secondary N) is 1. The number of hydrogen-bond acceptors (Lipinski definition) is 14. The summed E-state index contributed by atoms with van der Waals surface area (Å²) in [5.41, 5.74) is 6.11. The minimum Gasteiger partial charge on any atom is -0.468 e. The Hall–Kier alpha value is -5.04. The number of fused-ring (bicyclic) bond motifs is 1. The monoisotopic (exact) mass is 971 g/mol. The lowest BCUT2D eigenvalue weighted by atomic mass is 9.78. The number of furan rings is 1. The zero-order valence-corrected chi connectivity index (χ0v) is 42.0. The number of aromatic nitrogens is 4. The molecule has 2 saturated carbocycles. The maximum Gasteiger partial charge on any atom is 0.293 e. The summed E-state index contributed by atoms with van der Waals surface area (Å²) in [6.45, 7) is 21.2. The number of aliphatic hydroxyl groups is 2. The Balaban J connectivity index is 0.000000172. The first-order valence-electron chi connectivity index (χ1n) is 25.5. The van der Waals surface area contributed by atoms with Crippen LogP contribution in [0, 0.1) is 22.5 Å². The van der Waals surface area contributed by atoms with Crippen LogP contribution in [0.4, 0.5) is 20.2 Å². The molecule has 0 aromatic carbocycles. The van der Waals surface area contributed by atoms with Gasteiger partial charge in [0.15, 0.2) is 5.76 Å². The average Bonchev–Trinajstić information content (AvgIpc) is 4.20. The minimum atomic E-state index is -0.342. The van der Waals surface area contributed by atoms with E-state index in [2.05, 4.69) is 70.4 Å². The maximum absolute atomic E-state index is 14.2. The summed E-state index contributed by atoms with van der Waals surface area (Å²) in [6.07, 6.45) is 17.5. The van der Waals surface area contributed by atoms with Gasteiger partial charge in [0.25, 0.3) is 6.47 Å². The highest BCUT2D eigenvalue weighted by molar-refractivity contribution is 5.77. The van der Waals surface area contributed by atoms with Gasteiger partial charge in [-0.1, -0.05) is 20.3 Å². The van der Waals surface area contributed by atoms with Crippen molar-refractivity contribution in [3.05, 3.63) is 84.8 Å². The number of carbonyl (C=O) groups is 1. The van der Waals surface area contributed by atoms with Gasteiger partial charge in [-0.25, -0.2) is 18.7 Å². The SMILES string of the molecule is CCC.CCO.CCOC=O.CN1CC2(CCC(N3CCN(c4cc(F)cnc4-c4ccn5ccnc5c4)CC3)C2)C1.OCc1ccc(-c2ncc(F)cc2N2CCN(C3CCC4(CNC4)C3)CC2)o1. The third kappa shape index (κ3) is 12.9. The highest BCUT2D eigenvalue weighted by atomic mass is 19.1. The third-order valence-electron chi connectivity index (χ3n) is 14.5. The van der Waals surface area contributed by atoms with Gasteiger partial charge in [0.2, 0.25) is 0 Å². The molecule has 15 nitrogen and oxygen atoms in total. The number of carbonyl (C=O) groups excluding carboxylic acids is 1. The Kier molecular flexibility index (Phi) is 18.8. The minimum absolute atomic E-state index is 0.159. The first-order valence-corrected chi connectivity index (χ1v) is 25.5. The van der Waals surface area contributed by atoms with Crippen molar-refractivity contribution in [3.8, 4) is 22.7 Å². The fraction of sp³-hybridized carbons (Fsp3) is 0.585.